The first-order chi connectivity index (χ1) is 16.7. The van der Waals surface area contributed by atoms with Gasteiger partial charge in [-0.3, -0.25) is 9.69 Å². The first-order valence-electron chi connectivity index (χ1n) is 12.7. The molecule has 1 aliphatic heterocycles. The van der Waals surface area contributed by atoms with Crippen LogP contribution >= 0.6 is 0 Å². The second-order valence-electron chi connectivity index (χ2n) is 10.2. The molecule has 0 radical (unpaired) electrons. The van der Waals surface area contributed by atoms with E-state index in [0.717, 1.165) is 54.5 Å². The molecule has 1 unspecified atom stereocenters. The standard InChI is InChI=1S/C26H44N4O4S/c1-20-15-24(33-6)16-21(2)26(20)35(32)29(5)13-14-34-19-25(31)28(4)18-22-7-8-23(17-22)30-11-9-27(3)10-12-30/h15-16,22-23H,7-14,17-19H2,1-6H3/t22-,23+,35?/m1/s1. The van der Waals surface area contributed by atoms with Crippen molar-refractivity contribution in [1.82, 2.24) is 19.0 Å². The molecule has 3 rings (SSSR count). The van der Waals surface area contributed by atoms with E-state index in [1.165, 1.54) is 19.3 Å². The molecule has 3 atom stereocenters. The fourth-order valence-electron chi connectivity index (χ4n) is 5.23. The monoisotopic (exact) mass is 508 g/mol. The number of carbonyl (C=O) groups excluding carboxylic acids is 1. The van der Waals surface area contributed by atoms with E-state index in [2.05, 4.69) is 16.8 Å². The molecule has 0 spiro atoms. The van der Waals surface area contributed by atoms with Crippen LogP contribution in [-0.2, 0) is 20.5 Å². The molecule has 2 aliphatic rings. The summed E-state index contributed by atoms with van der Waals surface area (Å²) in [6.45, 7) is 10.2. The van der Waals surface area contributed by atoms with E-state index in [1.54, 1.807) is 11.4 Å². The molecule has 0 bridgehead atoms. The van der Waals surface area contributed by atoms with Crippen LogP contribution in [0.5, 0.6) is 5.75 Å². The lowest BCUT2D eigenvalue weighted by Gasteiger charge is -2.36. The van der Waals surface area contributed by atoms with Crippen molar-refractivity contribution >= 4 is 16.9 Å². The van der Waals surface area contributed by atoms with Gasteiger partial charge < -0.3 is 19.3 Å². The van der Waals surface area contributed by atoms with E-state index in [0.29, 0.717) is 25.1 Å². The molecule has 1 aliphatic carbocycles. The lowest BCUT2D eigenvalue weighted by Crippen LogP contribution is -2.48. The van der Waals surface area contributed by atoms with Crippen molar-refractivity contribution in [2.24, 2.45) is 5.92 Å². The lowest BCUT2D eigenvalue weighted by molar-refractivity contribution is -0.135. The first kappa shape index (κ1) is 28.1. The molecule has 1 saturated heterocycles. The summed E-state index contributed by atoms with van der Waals surface area (Å²) >= 11 is 0. The number of amides is 1. The highest BCUT2D eigenvalue weighted by Gasteiger charge is 2.31. The number of nitrogens with zero attached hydrogens (tertiary/aromatic N) is 4. The third-order valence-corrected chi connectivity index (χ3v) is 9.17. The minimum atomic E-state index is -1.30. The van der Waals surface area contributed by atoms with Gasteiger partial charge in [0.15, 0.2) is 0 Å². The zero-order valence-corrected chi connectivity index (χ0v) is 23.2. The average Bonchev–Trinajstić information content (AvgIpc) is 3.29. The third-order valence-electron chi connectivity index (χ3n) is 7.43. The van der Waals surface area contributed by atoms with Gasteiger partial charge in [0.05, 0.1) is 18.6 Å². The van der Waals surface area contributed by atoms with E-state index in [4.69, 9.17) is 9.47 Å². The molecule has 198 valence electrons. The molecule has 0 N–H and O–H groups in total. The van der Waals surface area contributed by atoms with E-state index < -0.39 is 11.0 Å². The highest BCUT2D eigenvalue weighted by Crippen LogP contribution is 2.30. The normalized spacial score (nSPS) is 22.5. The third kappa shape index (κ3) is 7.73. The summed E-state index contributed by atoms with van der Waals surface area (Å²) in [5.41, 5.74) is 1.87. The molecule has 1 aromatic rings. The van der Waals surface area contributed by atoms with Gasteiger partial charge in [-0.15, -0.1) is 0 Å². The molecule has 35 heavy (non-hydrogen) atoms. The zero-order chi connectivity index (χ0) is 25.5. The Morgan fingerprint density at radius 2 is 1.77 bits per heavy atom. The topological polar surface area (TPSA) is 65.6 Å². The van der Waals surface area contributed by atoms with Gasteiger partial charge in [-0.2, -0.15) is 0 Å². The molecule has 8 nitrogen and oxygen atoms in total. The van der Waals surface area contributed by atoms with Gasteiger partial charge in [-0.25, -0.2) is 8.51 Å². The minimum Gasteiger partial charge on any atom is -0.497 e. The maximum Gasteiger partial charge on any atom is 0.248 e. The van der Waals surface area contributed by atoms with Gasteiger partial charge in [-0.1, -0.05) is 0 Å². The van der Waals surface area contributed by atoms with Crippen LogP contribution in [0, 0.1) is 19.8 Å². The Morgan fingerprint density at radius 3 is 2.40 bits per heavy atom. The number of likely N-dealkylation sites (N-methyl/N-ethyl adjacent to an activating group) is 3. The fourth-order valence-corrected chi connectivity index (χ4v) is 6.45. The number of aryl methyl sites for hydroxylation is 2. The van der Waals surface area contributed by atoms with Crippen LogP contribution < -0.4 is 4.74 Å². The summed E-state index contributed by atoms with van der Waals surface area (Å²) in [6.07, 6.45) is 3.61. The minimum absolute atomic E-state index is 0.0127. The average molecular weight is 509 g/mol. The van der Waals surface area contributed by atoms with Gasteiger partial charge in [0, 0.05) is 59.4 Å². The van der Waals surface area contributed by atoms with Crippen molar-refractivity contribution in [3.05, 3.63) is 23.3 Å². The highest BCUT2D eigenvalue weighted by atomic mass is 32.2. The number of methoxy groups -OCH3 is 1. The Bertz CT molecular complexity index is 852. The SMILES string of the molecule is COc1cc(C)c(S(=O)N(C)CCOCC(=O)N(C)C[C@@H]2CC[C@H](N3CCN(C)CC3)C2)c(C)c1. The molecule has 1 aromatic carbocycles. The Kier molecular flexibility index (Phi) is 10.5. The van der Waals surface area contributed by atoms with Gasteiger partial charge in [0.2, 0.25) is 5.91 Å². The van der Waals surface area contributed by atoms with Crippen molar-refractivity contribution < 1.29 is 18.5 Å². The quantitative estimate of drug-likeness (QED) is 0.427. The summed E-state index contributed by atoms with van der Waals surface area (Å²) in [7, 11) is 6.22. The molecular formula is C26H44N4O4S. The fraction of sp³-hybridized carbons (Fsp3) is 0.731. The molecule has 1 saturated carbocycles. The highest BCUT2D eigenvalue weighted by molar-refractivity contribution is 7.82. The van der Waals surface area contributed by atoms with Crippen molar-refractivity contribution in [3.8, 4) is 5.75 Å². The number of hydrogen-bond acceptors (Lipinski definition) is 6. The Hall–Kier alpha value is -1.52. The van der Waals surface area contributed by atoms with Gasteiger partial charge in [-0.05, 0) is 69.3 Å². The molecule has 9 heteroatoms. The molecular weight excluding hydrogens is 464 g/mol. The zero-order valence-electron chi connectivity index (χ0n) is 22.4. The van der Waals surface area contributed by atoms with E-state index in [-0.39, 0.29) is 12.5 Å². The van der Waals surface area contributed by atoms with Crippen LogP contribution in [0.25, 0.3) is 0 Å². The summed E-state index contributed by atoms with van der Waals surface area (Å²) in [4.78, 5) is 20.3. The first-order valence-corrected chi connectivity index (χ1v) is 13.8. The van der Waals surface area contributed by atoms with Crippen molar-refractivity contribution in [3.63, 3.8) is 0 Å². The van der Waals surface area contributed by atoms with E-state index in [9.17, 15) is 9.00 Å². The molecule has 1 heterocycles. The van der Waals surface area contributed by atoms with Crippen LogP contribution in [0.15, 0.2) is 17.0 Å². The van der Waals surface area contributed by atoms with Gasteiger partial charge >= 0.3 is 0 Å². The lowest BCUT2D eigenvalue weighted by atomic mass is 10.1. The van der Waals surface area contributed by atoms with Crippen LogP contribution in [0.4, 0.5) is 0 Å². The van der Waals surface area contributed by atoms with E-state index in [1.807, 2.05) is 45.0 Å². The number of ether oxygens (including phenoxy) is 2. The van der Waals surface area contributed by atoms with Crippen LogP contribution in [0.2, 0.25) is 0 Å². The van der Waals surface area contributed by atoms with Crippen molar-refractivity contribution in [2.75, 3.05) is 80.7 Å². The number of carbonyl (C=O) groups is 1. The van der Waals surface area contributed by atoms with Crippen molar-refractivity contribution in [2.45, 2.75) is 44.0 Å². The maximum atomic E-state index is 13.0. The summed E-state index contributed by atoms with van der Waals surface area (Å²) in [6, 6.07) is 4.47. The molecule has 0 aromatic heterocycles. The van der Waals surface area contributed by atoms with Crippen LogP contribution in [-0.4, -0.2) is 116 Å². The van der Waals surface area contributed by atoms with Crippen LogP contribution in [0.3, 0.4) is 0 Å². The summed E-state index contributed by atoms with van der Waals surface area (Å²) in [5, 5.41) is 0. The Morgan fingerprint density at radius 1 is 1.11 bits per heavy atom. The maximum absolute atomic E-state index is 13.0. The predicted molar refractivity (Wildman–Crippen MR) is 140 cm³/mol. The Balaban J connectivity index is 1.36. The number of piperazine rings is 1. The predicted octanol–water partition coefficient (Wildman–Crippen LogP) is 2.16. The largest absolute Gasteiger partial charge is 0.497 e. The smallest absolute Gasteiger partial charge is 0.248 e. The van der Waals surface area contributed by atoms with Gasteiger partial charge in [0.25, 0.3) is 0 Å². The Labute approximate surface area is 214 Å². The van der Waals surface area contributed by atoms with Crippen molar-refractivity contribution in [1.29, 1.82) is 0 Å². The van der Waals surface area contributed by atoms with E-state index >= 15 is 0 Å². The summed E-state index contributed by atoms with van der Waals surface area (Å²) in [5.74, 6) is 1.35. The summed E-state index contributed by atoms with van der Waals surface area (Å²) < 4.78 is 25.7. The molecule has 2 fully saturated rings. The second-order valence-corrected chi connectivity index (χ2v) is 11.7. The van der Waals surface area contributed by atoms with Gasteiger partial charge in [0.1, 0.15) is 23.3 Å². The number of benzene rings is 1. The van der Waals surface area contributed by atoms with Crippen LogP contribution in [0.1, 0.15) is 30.4 Å². The molecule has 1 amide bonds. The second kappa shape index (κ2) is 13.1. The number of rotatable bonds is 11. The number of hydrogen-bond donors (Lipinski definition) is 0.